The first kappa shape index (κ1) is 19.8. The molecule has 2 heterocycles. The third kappa shape index (κ3) is 6.42. The van der Waals surface area contributed by atoms with E-state index in [0.29, 0.717) is 6.04 Å². The van der Waals surface area contributed by atoms with Crippen molar-refractivity contribution in [1.29, 1.82) is 0 Å². The summed E-state index contributed by atoms with van der Waals surface area (Å²) < 4.78 is 0. The van der Waals surface area contributed by atoms with Crippen molar-refractivity contribution in [3.63, 3.8) is 0 Å². The number of aliphatic imine (C=N–C) groups is 1. The minimum absolute atomic E-state index is 0. The van der Waals surface area contributed by atoms with Crippen LogP contribution in [0, 0.1) is 0 Å². The molecule has 0 aliphatic carbocycles. The lowest BCUT2D eigenvalue weighted by Gasteiger charge is -2.11. The SMILES string of the molecule is Cl.Cl.c1ccc(CC2CN=C(SCCc3cccnc3)N2)cc1. The number of amidine groups is 1. The molecule has 1 aromatic heterocycles. The molecule has 0 bridgehead atoms. The van der Waals surface area contributed by atoms with Gasteiger partial charge in [0, 0.05) is 18.1 Å². The Morgan fingerprint density at radius 2 is 1.83 bits per heavy atom. The number of pyridine rings is 1. The molecule has 0 spiro atoms. The van der Waals surface area contributed by atoms with Gasteiger partial charge in [0.1, 0.15) is 0 Å². The van der Waals surface area contributed by atoms with Gasteiger partial charge in [-0.1, -0.05) is 48.2 Å². The number of aryl methyl sites for hydroxylation is 1. The van der Waals surface area contributed by atoms with Crippen molar-refractivity contribution in [2.75, 3.05) is 12.3 Å². The third-order valence-corrected chi connectivity index (χ3v) is 4.39. The third-order valence-electron chi connectivity index (χ3n) is 3.46. The number of hydrogen-bond donors (Lipinski definition) is 1. The van der Waals surface area contributed by atoms with Crippen LogP contribution in [0.25, 0.3) is 0 Å². The summed E-state index contributed by atoms with van der Waals surface area (Å²) in [6.07, 6.45) is 5.82. The second kappa shape index (κ2) is 10.5. The van der Waals surface area contributed by atoms with E-state index in [2.05, 4.69) is 51.7 Å². The smallest absolute Gasteiger partial charge is 0.156 e. The Morgan fingerprint density at radius 1 is 1.04 bits per heavy atom. The van der Waals surface area contributed by atoms with Gasteiger partial charge in [0.2, 0.25) is 0 Å². The summed E-state index contributed by atoms with van der Waals surface area (Å²) in [5.41, 5.74) is 2.65. The summed E-state index contributed by atoms with van der Waals surface area (Å²) in [5, 5.41) is 4.61. The first-order valence-corrected chi connectivity index (χ1v) is 8.25. The average molecular weight is 370 g/mol. The molecule has 0 radical (unpaired) electrons. The van der Waals surface area contributed by atoms with Crippen LogP contribution in [-0.4, -0.2) is 28.5 Å². The van der Waals surface area contributed by atoms with Gasteiger partial charge in [-0.25, -0.2) is 0 Å². The summed E-state index contributed by atoms with van der Waals surface area (Å²) in [7, 11) is 0. The van der Waals surface area contributed by atoms with Crippen molar-refractivity contribution in [1.82, 2.24) is 10.3 Å². The predicted molar refractivity (Wildman–Crippen MR) is 104 cm³/mol. The number of halogens is 2. The Kier molecular flexibility index (Phi) is 9.07. The number of aromatic nitrogens is 1. The summed E-state index contributed by atoms with van der Waals surface area (Å²) >= 11 is 1.80. The van der Waals surface area contributed by atoms with Crippen LogP contribution < -0.4 is 5.32 Å². The molecule has 3 rings (SSSR count). The number of nitrogens with zero attached hydrogens (tertiary/aromatic N) is 2. The van der Waals surface area contributed by atoms with Gasteiger partial charge in [0.15, 0.2) is 5.17 Å². The van der Waals surface area contributed by atoms with E-state index in [1.807, 2.05) is 18.5 Å². The van der Waals surface area contributed by atoms with E-state index in [1.165, 1.54) is 11.1 Å². The Hall–Kier alpha value is -1.23. The van der Waals surface area contributed by atoms with E-state index in [9.17, 15) is 0 Å². The average Bonchev–Trinajstić information content (AvgIpc) is 2.97. The highest BCUT2D eigenvalue weighted by molar-refractivity contribution is 8.13. The lowest BCUT2D eigenvalue weighted by atomic mass is 10.1. The molecule has 0 saturated carbocycles. The van der Waals surface area contributed by atoms with Crippen molar-refractivity contribution in [2.45, 2.75) is 18.9 Å². The standard InChI is InChI=1S/C17H19N3S.2ClH/c1-2-5-14(6-3-1)11-16-13-19-17(20-16)21-10-8-15-7-4-9-18-12-15;;/h1-7,9,12,16H,8,10-11,13H2,(H,19,20);2*1H. The highest BCUT2D eigenvalue weighted by Crippen LogP contribution is 2.14. The molecule has 1 aliphatic rings. The van der Waals surface area contributed by atoms with Crippen LogP contribution in [0.2, 0.25) is 0 Å². The summed E-state index contributed by atoms with van der Waals surface area (Å²) in [6.45, 7) is 0.879. The number of thioether (sulfide) groups is 1. The fraction of sp³-hybridized carbons (Fsp3) is 0.294. The second-order valence-electron chi connectivity index (χ2n) is 5.14. The van der Waals surface area contributed by atoms with Gasteiger partial charge in [-0.05, 0) is 30.0 Å². The number of hydrogen-bond acceptors (Lipinski definition) is 4. The fourth-order valence-electron chi connectivity index (χ4n) is 2.37. The van der Waals surface area contributed by atoms with Crippen molar-refractivity contribution >= 4 is 41.7 Å². The Labute approximate surface area is 154 Å². The molecule has 0 fully saturated rings. The molecular weight excluding hydrogens is 349 g/mol. The molecule has 1 aliphatic heterocycles. The van der Waals surface area contributed by atoms with E-state index in [4.69, 9.17) is 0 Å². The van der Waals surface area contributed by atoms with Crippen molar-refractivity contribution in [2.24, 2.45) is 4.99 Å². The highest BCUT2D eigenvalue weighted by Gasteiger charge is 2.17. The van der Waals surface area contributed by atoms with Crippen LogP contribution in [-0.2, 0) is 12.8 Å². The van der Waals surface area contributed by atoms with E-state index >= 15 is 0 Å². The van der Waals surface area contributed by atoms with Crippen LogP contribution in [0.5, 0.6) is 0 Å². The second-order valence-corrected chi connectivity index (χ2v) is 6.22. The highest BCUT2D eigenvalue weighted by atomic mass is 35.5. The quantitative estimate of drug-likeness (QED) is 0.871. The fourth-order valence-corrected chi connectivity index (χ4v) is 3.32. The molecule has 6 heteroatoms. The predicted octanol–water partition coefficient (Wildman–Crippen LogP) is 3.77. The van der Waals surface area contributed by atoms with Crippen molar-refractivity contribution in [3.05, 3.63) is 66.0 Å². The molecule has 1 N–H and O–H groups in total. The van der Waals surface area contributed by atoms with Crippen LogP contribution in [0.4, 0.5) is 0 Å². The molecule has 3 nitrogen and oxygen atoms in total. The Morgan fingerprint density at radius 3 is 2.57 bits per heavy atom. The van der Waals surface area contributed by atoms with Gasteiger partial charge >= 0.3 is 0 Å². The Bertz CT molecular complexity index is 593. The molecule has 0 saturated heterocycles. The normalized spacial score (nSPS) is 15.8. The maximum absolute atomic E-state index is 4.60. The van der Waals surface area contributed by atoms with Crippen LogP contribution >= 0.6 is 36.6 Å². The zero-order valence-corrected chi connectivity index (χ0v) is 15.2. The molecule has 1 atom stereocenters. The molecule has 23 heavy (non-hydrogen) atoms. The maximum atomic E-state index is 4.60. The van der Waals surface area contributed by atoms with Crippen LogP contribution in [0.1, 0.15) is 11.1 Å². The van der Waals surface area contributed by atoms with Gasteiger partial charge in [-0.2, -0.15) is 0 Å². The van der Waals surface area contributed by atoms with Gasteiger partial charge in [0.05, 0.1) is 12.6 Å². The number of rotatable bonds is 5. The summed E-state index contributed by atoms with van der Waals surface area (Å²) in [4.78, 5) is 8.74. The molecule has 124 valence electrons. The molecule has 1 aromatic carbocycles. The van der Waals surface area contributed by atoms with Crippen LogP contribution in [0.3, 0.4) is 0 Å². The Balaban J connectivity index is 0.00000132. The first-order chi connectivity index (χ1) is 10.4. The summed E-state index contributed by atoms with van der Waals surface area (Å²) in [6, 6.07) is 15.1. The zero-order chi connectivity index (χ0) is 14.3. The monoisotopic (exact) mass is 369 g/mol. The van der Waals surface area contributed by atoms with Gasteiger partial charge < -0.3 is 5.32 Å². The molecule has 1 unspecified atom stereocenters. The van der Waals surface area contributed by atoms with E-state index in [0.717, 1.165) is 30.3 Å². The van der Waals surface area contributed by atoms with Crippen molar-refractivity contribution < 1.29 is 0 Å². The molecule has 2 aromatic rings. The minimum atomic E-state index is 0. The maximum Gasteiger partial charge on any atom is 0.156 e. The first-order valence-electron chi connectivity index (χ1n) is 7.27. The van der Waals surface area contributed by atoms with Crippen molar-refractivity contribution in [3.8, 4) is 0 Å². The van der Waals surface area contributed by atoms with E-state index in [-0.39, 0.29) is 24.8 Å². The molecular formula is C17H21Cl2N3S. The minimum Gasteiger partial charge on any atom is -0.360 e. The molecule has 0 amide bonds. The van der Waals surface area contributed by atoms with Crippen LogP contribution in [0.15, 0.2) is 59.9 Å². The lowest BCUT2D eigenvalue weighted by Crippen LogP contribution is -2.30. The van der Waals surface area contributed by atoms with E-state index in [1.54, 1.807) is 11.8 Å². The van der Waals surface area contributed by atoms with E-state index < -0.39 is 0 Å². The largest absolute Gasteiger partial charge is 0.360 e. The number of nitrogens with one attached hydrogen (secondary N) is 1. The zero-order valence-electron chi connectivity index (χ0n) is 12.7. The lowest BCUT2D eigenvalue weighted by molar-refractivity contribution is 0.656. The number of benzene rings is 1. The van der Waals surface area contributed by atoms with Gasteiger partial charge in [-0.3, -0.25) is 9.98 Å². The topological polar surface area (TPSA) is 37.3 Å². The van der Waals surface area contributed by atoms with Gasteiger partial charge in [0.25, 0.3) is 0 Å². The van der Waals surface area contributed by atoms with Gasteiger partial charge in [-0.15, -0.1) is 24.8 Å². The summed E-state index contributed by atoms with van der Waals surface area (Å²) in [5.74, 6) is 1.04.